The Labute approximate surface area is 190 Å². The number of aliphatic hydroxyl groups is 4. The van der Waals surface area contributed by atoms with Crippen molar-refractivity contribution in [2.75, 3.05) is 46.2 Å². The zero-order valence-corrected chi connectivity index (χ0v) is 19.2. The maximum absolute atomic E-state index is 11.2. The highest BCUT2D eigenvalue weighted by atomic mass is 16.6. The Bertz CT molecular complexity index is 404. The molecule has 0 spiro atoms. The number of aliphatic hydroxyl groups excluding tert-OH is 4. The van der Waals surface area contributed by atoms with Crippen LogP contribution in [0.4, 0.5) is 0 Å². The van der Waals surface area contributed by atoms with Crippen LogP contribution < -0.4 is 0 Å². The number of hydrogen-bond acceptors (Lipinski definition) is 10. The van der Waals surface area contributed by atoms with Gasteiger partial charge >= 0.3 is 17.9 Å². The van der Waals surface area contributed by atoms with E-state index in [4.69, 9.17) is 34.6 Å². The number of unbranched alkanes of at least 4 members (excludes halogenated alkanes) is 4. The lowest BCUT2D eigenvalue weighted by atomic mass is 10.2. The van der Waals surface area contributed by atoms with Crippen LogP contribution in [-0.2, 0) is 28.6 Å². The molecule has 1 aliphatic rings. The molecule has 4 N–H and O–H groups in total. The molecule has 0 aromatic rings. The highest BCUT2D eigenvalue weighted by molar-refractivity contribution is 5.70. The third-order valence-corrected chi connectivity index (χ3v) is 4.08. The van der Waals surface area contributed by atoms with Gasteiger partial charge in [0.05, 0.1) is 19.8 Å². The van der Waals surface area contributed by atoms with Crippen LogP contribution in [0.5, 0.6) is 0 Å². The van der Waals surface area contributed by atoms with Crippen molar-refractivity contribution in [1.82, 2.24) is 0 Å². The second-order valence-corrected chi connectivity index (χ2v) is 6.99. The largest absolute Gasteiger partial charge is 0.466 e. The van der Waals surface area contributed by atoms with Crippen LogP contribution in [0.1, 0.15) is 77.0 Å². The van der Waals surface area contributed by atoms with Gasteiger partial charge in [0.15, 0.2) is 0 Å². The second kappa shape index (κ2) is 27.3. The molecule has 1 saturated heterocycles. The standard InChI is InChI=1S/C14H26O6.C6H10O2.C2H6O2/c15-9-5-1-3-7-13(17)19-11-12-20-14(18)8-4-2-6-10-16;7-6-4-2-1-3-5-8-6;3-1-2-4/h15-16H,1-12H2;1-5H2;3-4H,1-2H2. The van der Waals surface area contributed by atoms with E-state index in [2.05, 4.69) is 0 Å². The van der Waals surface area contributed by atoms with Gasteiger partial charge in [-0.1, -0.05) is 12.8 Å². The molecule has 32 heavy (non-hydrogen) atoms. The minimum atomic E-state index is -0.304. The van der Waals surface area contributed by atoms with E-state index in [1.54, 1.807) is 0 Å². The molecule has 1 aliphatic heterocycles. The SMILES string of the molecule is O=C(CCCCCO)OCCOC(=O)CCCCCO.O=C1CCCCCO1.OCCO. The second-order valence-electron chi connectivity index (χ2n) is 6.99. The van der Waals surface area contributed by atoms with E-state index in [1.807, 2.05) is 0 Å². The summed E-state index contributed by atoms with van der Waals surface area (Å²) in [6.07, 6.45) is 8.87. The molecule has 0 radical (unpaired) electrons. The van der Waals surface area contributed by atoms with Crippen molar-refractivity contribution < 1.29 is 49.0 Å². The van der Waals surface area contributed by atoms with Crippen molar-refractivity contribution in [1.29, 1.82) is 0 Å². The number of cyclic esters (lactones) is 1. The van der Waals surface area contributed by atoms with Gasteiger partial charge in [-0.25, -0.2) is 0 Å². The minimum Gasteiger partial charge on any atom is -0.466 e. The van der Waals surface area contributed by atoms with E-state index >= 15 is 0 Å². The highest BCUT2D eigenvalue weighted by Crippen LogP contribution is 2.06. The van der Waals surface area contributed by atoms with Gasteiger partial charge < -0.3 is 34.6 Å². The molecule has 10 heteroatoms. The molecule has 0 amide bonds. The summed E-state index contributed by atoms with van der Waals surface area (Å²) in [5.74, 6) is -0.633. The molecule has 10 nitrogen and oxygen atoms in total. The van der Waals surface area contributed by atoms with Crippen molar-refractivity contribution >= 4 is 17.9 Å². The summed E-state index contributed by atoms with van der Waals surface area (Å²) in [7, 11) is 0. The van der Waals surface area contributed by atoms with Crippen molar-refractivity contribution in [3.05, 3.63) is 0 Å². The number of carbonyl (C=O) groups is 3. The van der Waals surface area contributed by atoms with Crippen molar-refractivity contribution in [3.8, 4) is 0 Å². The molecule has 0 unspecified atom stereocenters. The van der Waals surface area contributed by atoms with E-state index in [1.165, 1.54) is 0 Å². The Balaban J connectivity index is 0. The molecule has 0 saturated carbocycles. The fourth-order valence-electron chi connectivity index (χ4n) is 2.38. The summed E-state index contributed by atoms with van der Waals surface area (Å²) >= 11 is 0. The van der Waals surface area contributed by atoms with Gasteiger partial charge in [0.1, 0.15) is 13.2 Å². The molecule has 1 fully saturated rings. The maximum Gasteiger partial charge on any atom is 0.305 e. The smallest absolute Gasteiger partial charge is 0.305 e. The van der Waals surface area contributed by atoms with Crippen molar-refractivity contribution in [2.24, 2.45) is 0 Å². The number of esters is 3. The van der Waals surface area contributed by atoms with Crippen LogP contribution in [0.25, 0.3) is 0 Å². The van der Waals surface area contributed by atoms with E-state index in [-0.39, 0.29) is 57.5 Å². The summed E-state index contributed by atoms with van der Waals surface area (Å²) in [5.41, 5.74) is 0. The molecule has 0 aliphatic carbocycles. The van der Waals surface area contributed by atoms with Crippen molar-refractivity contribution in [3.63, 3.8) is 0 Å². The van der Waals surface area contributed by atoms with Crippen LogP contribution in [-0.4, -0.2) is 84.6 Å². The summed E-state index contributed by atoms with van der Waals surface area (Å²) in [5, 5.41) is 32.4. The zero-order chi connectivity index (χ0) is 24.3. The predicted octanol–water partition coefficient (Wildman–Crippen LogP) is 1.25. The van der Waals surface area contributed by atoms with Crippen LogP contribution in [0, 0.1) is 0 Å². The van der Waals surface area contributed by atoms with Gasteiger partial charge in [0, 0.05) is 32.5 Å². The Morgan fingerprint density at radius 1 is 0.688 bits per heavy atom. The average Bonchev–Trinajstić information content (AvgIpc) is 3.05. The zero-order valence-electron chi connectivity index (χ0n) is 19.2. The summed E-state index contributed by atoms with van der Waals surface area (Å²) in [4.78, 5) is 33.0. The van der Waals surface area contributed by atoms with E-state index in [9.17, 15) is 14.4 Å². The Hall–Kier alpha value is -1.75. The van der Waals surface area contributed by atoms with Gasteiger partial charge in [-0.05, 0) is 44.9 Å². The highest BCUT2D eigenvalue weighted by Gasteiger charge is 2.06. The van der Waals surface area contributed by atoms with E-state index < -0.39 is 0 Å². The van der Waals surface area contributed by atoms with Gasteiger partial charge in [-0.3, -0.25) is 14.4 Å². The maximum atomic E-state index is 11.2. The number of hydrogen-bond donors (Lipinski definition) is 4. The number of rotatable bonds is 14. The quantitative estimate of drug-likeness (QED) is 0.167. The first-order valence-corrected chi connectivity index (χ1v) is 11.4. The van der Waals surface area contributed by atoms with Crippen LogP contribution >= 0.6 is 0 Å². The fraction of sp³-hybridized carbons (Fsp3) is 0.864. The van der Waals surface area contributed by atoms with Gasteiger partial charge in [0.2, 0.25) is 0 Å². The number of ether oxygens (including phenoxy) is 3. The topological polar surface area (TPSA) is 160 Å². The lowest BCUT2D eigenvalue weighted by molar-refractivity contribution is -0.152. The lowest BCUT2D eigenvalue weighted by Gasteiger charge is -2.06. The fourth-order valence-corrected chi connectivity index (χ4v) is 2.38. The van der Waals surface area contributed by atoms with Crippen LogP contribution in [0.3, 0.4) is 0 Å². The normalized spacial score (nSPS) is 12.8. The monoisotopic (exact) mass is 466 g/mol. The molecule has 0 aromatic carbocycles. The first kappa shape index (κ1) is 32.4. The molecule has 1 heterocycles. The summed E-state index contributed by atoms with van der Waals surface area (Å²) in [6.45, 7) is 0.841. The Morgan fingerprint density at radius 3 is 1.62 bits per heavy atom. The van der Waals surface area contributed by atoms with E-state index in [0.717, 1.165) is 32.1 Å². The van der Waals surface area contributed by atoms with Crippen LogP contribution in [0.15, 0.2) is 0 Å². The minimum absolute atomic E-state index is 0.0255. The van der Waals surface area contributed by atoms with Gasteiger partial charge in [0.25, 0.3) is 0 Å². The van der Waals surface area contributed by atoms with Gasteiger partial charge in [-0.2, -0.15) is 0 Å². The Morgan fingerprint density at radius 2 is 1.19 bits per heavy atom. The third kappa shape index (κ3) is 28.2. The number of carbonyl (C=O) groups excluding carboxylic acids is 3. The molecule has 190 valence electrons. The lowest BCUT2D eigenvalue weighted by Crippen LogP contribution is -2.13. The van der Waals surface area contributed by atoms with Crippen LogP contribution in [0.2, 0.25) is 0 Å². The molecule has 1 rings (SSSR count). The molecular weight excluding hydrogens is 424 g/mol. The average molecular weight is 467 g/mol. The predicted molar refractivity (Wildman–Crippen MR) is 117 cm³/mol. The first-order chi connectivity index (χ1) is 15.5. The van der Waals surface area contributed by atoms with Gasteiger partial charge in [-0.15, -0.1) is 0 Å². The van der Waals surface area contributed by atoms with E-state index in [0.29, 0.717) is 51.6 Å². The third-order valence-electron chi connectivity index (χ3n) is 4.08. The summed E-state index contributed by atoms with van der Waals surface area (Å²) < 4.78 is 14.6. The molecule has 0 aromatic heterocycles. The molecule has 0 atom stereocenters. The van der Waals surface area contributed by atoms with Crippen molar-refractivity contribution in [2.45, 2.75) is 77.0 Å². The molecular formula is C22H42O10. The first-order valence-electron chi connectivity index (χ1n) is 11.4. The Kier molecular flexibility index (Phi) is 27.7. The summed E-state index contributed by atoms with van der Waals surface area (Å²) in [6, 6.07) is 0. The molecule has 0 bridgehead atoms.